The first-order valence-corrected chi connectivity index (χ1v) is 11.3. The van der Waals surface area contributed by atoms with Crippen LogP contribution < -0.4 is 5.32 Å². The average Bonchev–Trinajstić information content (AvgIpc) is 2.75. The van der Waals surface area contributed by atoms with Crippen molar-refractivity contribution in [3.05, 3.63) is 11.4 Å². The maximum Gasteiger partial charge on any atom is 0.169 e. The topological polar surface area (TPSA) is 69.3 Å². The van der Waals surface area contributed by atoms with Crippen molar-refractivity contribution in [2.75, 3.05) is 58.9 Å². The molecule has 0 unspecified atom stereocenters. The van der Waals surface area contributed by atoms with Crippen LogP contribution in [0.3, 0.4) is 0 Å². The monoisotopic (exact) mass is 384 g/mol. The number of rotatable bonds is 7. The van der Waals surface area contributed by atoms with Crippen molar-refractivity contribution in [3.63, 3.8) is 0 Å². The van der Waals surface area contributed by atoms with E-state index in [0.29, 0.717) is 0 Å². The minimum absolute atomic E-state index is 0.230. The summed E-state index contributed by atoms with van der Waals surface area (Å²) >= 11 is 0. The predicted molar refractivity (Wildman–Crippen MR) is 111 cm³/mol. The number of nitrogens with one attached hydrogen (secondary N) is 1. The Bertz CT molecular complexity index is 565. The Hall–Kier alpha value is -1.76. The molecule has 0 aromatic heterocycles. The van der Waals surface area contributed by atoms with E-state index in [9.17, 15) is 10.5 Å². The molecular weight excluding hydrogens is 348 g/mol. The van der Waals surface area contributed by atoms with Crippen LogP contribution in [0.15, 0.2) is 11.4 Å². The van der Waals surface area contributed by atoms with E-state index in [2.05, 4.69) is 32.2 Å². The molecule has 0 spiro atoms. The molecule has 154 valence electrons. The van der Waals surface area contributed by atoms with Crippen molar-refractivity contribution in [2.24, 2.45) is 5.92 Å². The van der Waals surface area contributed by atoms with Crippen LogP contribution in [0.1, 0.15) is 51.4 Å². The summed E-state index contributed by atoms with van der Waals surface area (Å²) < 4.78 is 0. The molecule has 0 aromatic rings. The van der Waals surface area contributed by atoms with Crippen LogP contribution in [0, 0.1) is 28.6 Å². The van der Waals surface area contributed by atoms with Crippen LogP contribution in [-0.2, 0) is 0 Å². The third kappa shape index (κ3) is 6.12. The molecule has 0 radical (unpaired) electrons. The molecule has 3 heterocycles. The molecule has 1 N–H and O–H groups in total. The molecule has 0 saturated carbocycles. The summed E-state index contributed by atoms with van der Waals surface area (Å²) in [4.78, 5) is 7.36. The Morgan fingerprint density at radius 2 is 1.36 bits per heavy atom. The quantitative estimate of drug-likeness (QED) is 0.680. The second kappa shape index (κ2) is 11.3. The lowest BCUT2D eigenvalue weighted by molar-refractivity contribution is 0.143. The number of hydrogen-bond acceptors (Lipinski definition) is 6. The molecule has 0 bridgehead atoms. The highest BCUT2D eigenvalue weighted by atomic mass is 15.3. The van der Waals surface area contributed by atoms with Crippen LogP contribution >= 0.6 is 0 Å². The molecule has 6 heteroatoms. The normalized spacial score (nSPS) is 22.3. The fourth-order valence-corrected chi connectivity index (χ4v) is 4.85. The average molecular weight is 385 g/mol. The van der Waals surface area contributed by atoms with Gasteiger partial charge in [0.1, 0.15) is 18.0 Å². The van der Waals surface area contributed by atoms with Gasteiger partial charge in [-0.15, -0.1) is 0 Å². The SMILES string of the molecule is N#CC(C#N)=C(NCCN1CCCCC1)N1CCC(CN2CCCCC2)CC1. The van der Waals surface area contributed by atoms with Gasteiger partial charge in [-0.2, -0.15) is 10.5 Å². The van der Waals surface area contributed by atoms with Crippen LogP contribution in [-0.4, -0.2) is 73.6 Å². The summed E-state index contributed by atoms with van der Waals surface area (Å²) in [6, 6.07) is 4.21. The Morgan fingerprint density at radius 3 is 1.93 bits per heavy atom. The van der Waals surface area contributed by atoms with E-state index in [0.717, 1.165) is 50.8 Å². The minimum atomic E-state index is 0.230. The second-order valence-corrected chi connectivity index (χ2v) is 8.57. The molecular formula is C22H36N6. The van der Waals surface area contributed by atoms with Gasteiger partial charge in [-0.05, 0) is 70.6 Å². The van der Waals surface area contributed by atoms with Crippen molar-refractivity contribution in [3.8, 4) is 12.1 Å². The van der Waals surface area contributed by atoms with Crippen molar-refractivity contribution >= 4 is 0 Å². The van der Waals surface area contributed by atoms with Crippen molar-refractivity contribution in [2.45, 2.75) is 51.4 Å². The standard InChI is InChI=1S/C22H36N6/c23-17-21(18-24)22(25-9-16-26-10-3-1-4-11-26)28-14-7-20(8-15-28)19-27-12-5-2-6-13-27/h20,25H,1-16,19H2. The first-order valence-electron chi connectivity index (χ1n) is 11.3. The molecule has 6 nitrogen and oxygen atoms in total. The summed E-state index contributed by atoms with van der Waals surface area (Å²) in [6.45, 7) is 9.76. The van der Waals surface area contributed by atoms with Crippen LogP contribution in [0.2, 0.25) is 0 Å². The largest absolute Gasteiger partial charge is 0.369 e. The van der Waals surface area contributed by atoms with Gasteiger partial charge in [-0.3, -0.25) is 0 Å². The molecule has 3 aliphatic heterocycles. The van der Waals surface area contributed by atoms with Gasteiger partial charge >= 0.3 is 0 Å². The molecule has 0 aromatic carbocycles. The van der Waals surface area contributed by atoms with E-state index >= 15 is 0 Å². The fourth-order valence-electron chi connectivity index (χ4n) is 4.85. The van der Waals surface area contributed by atoms with E-state index < -0.39 is 0 Å². The number of piperidine rings is 3. The Kier molecular flexibility index (Phi) is 8.45. The smallest absolute Gasteiger partial charge is 0.169 e. The zero-order valence-electron chi connectivity index (χ0n) is 17.3. The van der Waals surface area contributed by atoms with Gasteiger partial charge in [0.05, 0.1) is 0 Å². The Morgan fingerprint density at radius 1 is 0.786 bits per heavy atom. The highest BCUT2D eigenvalue weighted by Crippen LogP contribution is 2.23. The Balaban J connectivity index is 1.49. The fraction of sp³-hybridized carbons (Fsp3) is 0.818. The summed E-state index contributed by atoms with van der Waals surface area (Å²) in [7, 11) is 0. The van der Waals surface area contributed by atoms with Gasteiger partial charge in [-0.25, -0.2) is 0 Å². The van der Waals surface area contributed by atoms with Gasteiger partial charge in [0.25, 0.3) is 0 Å². The minimum Gasteiger partial charge on any atom is -0.369 e. The highest BCUT2D eigenvalue weighted by Gasteiger charge is 2.25. The first-order chi connectivity index (χ1) is 13.8. The molecule has 3 rings (SSSR count). The summed E-state index contributed by atoms with van der Waals surface area (Å²) in [5.41, 5.74) is 0.230. The van der Waals surface area contributed by atoms with Gasteiger partial charge in [-0.1, -0.05) is 12.8 Å². The molecule has 3 aliphatic rings. The van der Waals surface area contributed by atoms with E-state index in [1.54, 1.807) is 0 Å². The summed E-state index contributed by atoms with van der Waals surface area (Å²) in [5.74, 6) is 1.51. The van der Waals surface area contributed by atoms with E-state index in [-0.39, 0.29) is 5.57 Å². The van der Waals surface area contributed by atoms with Crippen molar-refractivity contribution < 1.29 is 0 Å². The van der Waals surface area contributed by atoms with Crippen LogP contribution in [0.25, 0.3) is 0 Å². The maximum absolute atomic E-state index is 9.43. The first kappa shape index (κ1) is 21.0. The molecule has 3 saturated heterocycles. The van der Waals surface area contributed by atoms with Gasteiger partial charge in [0.2, 0.25) is 0 Å². The third-order valence-electron chi connectivity index (χ3n) is 6.53. The molecule has 0 atom stereocenters. The van der Waals surface area contributed by atoms with Gasteiger partial charge in [0, 0.05) is 32.7 Å². The summed E-state index contributed by atoms with van der Waals surface area (Å²) in [6.07, 6.45) is 10.3. The predicted octanol–water partition coefficient (Wildman–Crippen LogP) is 2.52. The van der Waals surface area contributed by atoms with Crippen molar-refractivity contribution in [1.29, 1.82) is 10.5 Å². The molecule has 28 heavy (non-hydrogen) atoms. The number of allylic oxidation sites excluding steroid dienone is 1. The van der Waals surface area contributed by atoms with Crippen molar-refractivity contribution in [1.82, 2.24) is 20.0 Å². The van der Waals surface area contributed by atoms with Crippen LogP contribution in [0.5, 0.6) is 0 Å². The number of nitrogens with zero attached hydrogens (tertiary/aromatic N) is 5. The third-order valence-corrected chi connectivity index (χ3v) is 6.53. The van der Waals surface area contributed by atoms with E-state index in [1.807, 2.05) is 0 Å². The molecule has 3 fully saturated rings. The molecule has 0 aliphatic carbocycles. The summed E-state index contributed by atoms with van der Waals surface area (Å²) in [5, 5.41) is 22.3. The molecule has 0 amide bonds. The lowest BCUT2D eigenvalue weighted by Gasteiger charge is -2.38. The lowest BCUT2D eigenvalue weighted by atomic mass is 9.95. The number of hydrogen-bond donors (Lipinski definition) is 1. The highest BCUT2D eigenvalue weighted by molar-refractivity contribution is 5.39. The lowest BCUT2D eigenvalue weighted by Crippen LogP contribution is -2.44. The number of nitriles is 2. The van der Waals surface area contributed by atoms with Gasteiger partial charge < -0.3 is 20.0 Å². The zero-order valence-corrected chi connectivity index (χ0v) is 17.3. The zero-order chi connectivity index (χ0) is 19.6. The number of likely N-dealkylation sites (tertiary alicyclic amines) is 3. The van der Waals surface area contributed by atoms with E-state index in [1.165, 1.54) is 71.2 Å². The Labute approximate surface area is 170 Å². The van der Waals surface area contributed by atoms with Crippen LogP contribution in [0.4, 0.5) is 0 Å². The maximum atomic E-state index is 9.43. The van der Waals surface area contributed by atoms with Gasteiger partial charge in [0.15, 0.2) is 5.57 Å². The second-order valence-electron chi connectivity index (χ2n) is 8.57. The van der Waals surface area contributed by atoms with E-state index in [4.69, 9.17) is 0 Å².